The molecule has 0 spiro atoms. The Labute approximate surface area is 194 Å². The van der Waals surface area contributed by atoms with Gasteiger partial charge in [-0.25, -0.2) is 0 Å². The van der Waals surface area contributed by atoms with Crippen molar-refractivity contribution in [1.29, 1.82) is 0 Å². The third-order valence-corrected chi connectivity index (χ3v) is 6.90. The van der Waals surface area contributed by atoms with Crippen LogP contribution < -0.4 is 10.1 Å². The number of benzene rings is 2. The molecule has 5 rings (SSSR count). The Morgan fingerprint density at radius 3 is 2.67 bits per heavy atom. The third-order valence-electron chi connectivity index (χ3n) is 6.90. The molecule has 0 bridgehead atoms. The Morgan fingerprint density at radius 1 is 1.18 bits per heavy atom. The van der Waals surface area contributed by atoms with Crippen LogP contribution in [0.1, 0.15) is 36.4 Å². The van der Waals surface area contributed by atoms with E-state index in [2.05, 4.69) is 10.2 Å². The van der Waals surface area contributed by atoms with Gasteiger partial charge in [-0.2, -0.15) is 0 Å². The number of likely N-dealkylation sites (N-methyl/N-ethyl adjacent to an activating group) is 1. The zero-order chi connectivity index (χ0) is 22.9. The van der Waals surface area contributed by atoms with Gasteiger partial charge in [0.05, 0.1) is 12.1 Å². The molecule has 2 heterocycles. The minimum absolute atomic E-state index is 0.0663. The fraction of sp³-hybridized carbons (Fsp3) is 0.462. The van der Waals surface area contributed by atoms with E-state index in [4.69, 9.17) is 4.74 Å². The fourth-order valence-corrected chi connectivity index (χ4v) is 4.78. The molecule has 3 aliphatic rings. The summed E-state index contributed by atoms with van der Waals surface area (Å²) in [6.45, 7) is 2.12. The van der Waals surface area contributed by atoms with Gasteiger partial charge in [-0.05, 0) is 43.0 Å². The summed E-state index contributed by atoms with van der Waals surface area (Å²) in [7, 11) is 1.83. The molecule has 174 valence electrons. The number of carbonyl (C=O) groups is 2. The molecule has 0 radical (unpaired) electrons. The number of ether oxygens (including phenoxy) is 1. The molecule has 2 amide bonds. The van der Waals surface area contributed by atoms with E-state index < -0.39 is 6.10 Å². The monoisotopic (exact) mass is 449 g/mol. The molecule has 2 aliphatic heterocycles. The Hall–Kier alpha value is -2.90. The highest BCUT2D eigenvalue weighted by molar-refractivity contribution is 5.94. The highest BCUT2D eigenvalue weighted by atomic mass is 16.5. The van der Waals surface area contributed by atoms with Crippen molar-refractivity contribution in [2.75, 3.05) is 32.0 Å². The van der Waals surface area contributed by atoms with E-state index in [0.717, 1.165) is 42.6 Å². The third kappa shape index (κ3) is 4.89. The first-order valence-corrected chi connectivity index (χ1v) is 11.8. The smallest absolute Gasteiger partial charge is 0.264 e. The summed E-state index contributed by atoms with van der Waals surface area (Å²) in [5, 5.41) is 12.9. The number of nitrogens with one attached hydrogen (secondary N) is 1. The van der Waals surface area contributed by atoms with Gasteiger partial charge in [-0.1, -0.05) is 30.3 Å². The quantitative estimate of drug-likeness (QED) is 0.679. The molecule has 1 saturated carbocycles. The topological polar surface area (TPSA) is 82.1 Å². The van der Waals surface area contributed by atoms with Crippen LogP contribution in [0.15, 0.2) is 48.5 Å². The molecule has 2 fully saturated rings. The van der Waals surface area contributed by atoms with Crippen molar-refractivity contribution in [3.05, 3.63) is 59.7 Å². The van der Waals surface area contributed by atoms with E-state index in [-0.39, 0.29) is 29.9 Å². The molecule has 2 N–H and O–H groups in total. The van der Waals surface area contributed by atoms with Crippen LogP contribution in [0.3, 0.4) is 0 Å². The molecule has 33 heavy (non-hydrogen) atoms. The van der Waals surface area contributed by atoms with Gasteiger partial charge in [0.2, 0.25) is 5.91 Å². The van der Waals surface area contributed by atoms with Crippen LogP contribution in [0.2, 0.25) is 0 Å². The number of carbonyl (C=O) groups excluding carboxylic acids is 2. The van der Waals surface area contributed by atoms with E-state index in [1.54, 1.807) is 4.90 Å². The van der Waals surface area contributed by atoms with E-state index in [9.17, 15) is 14.7 Å². The summed E-state index contributed by atoms with van der Waals surface area (Å²) in [5.74, 6) is 0.844. The van der Waals surface area contributed by atoms with Crippen LogP contribution in [0.5, 0.6) is 5.75 Å². The Kier molecular flexibility index (Phi) is 6.08. The number of hydrogen-bond acceptors (Lipinski definition) is 5. The Morgan fingerprint density at radius 2 is 1.97 bits per heavy atom. The molecule has 2 aromatic rings. The molecular weight excluding hydrogens is 418 g/mol. The maximum atomic E-state index is 13.5. The van der Waals surface area contributed by atoms with Gasteiger partial charge in [0.1, 0.15) is 5.75 Å². The zero-order valence-corrected chi connectivity index (χ0v) is 18.9. The van der Waals surface area contributed by atoms with Crippen molar-refractivity contribution >= 4 is 17.5 Å². The average Bonchev–Trinajstić information content (AvgIpc) is 3.47. The number of aliphatic hydroxyl groups is 1. The molecule has 1 aliphatic carbocycles. The molecular formula is C26H31N3O4. The summed E-state index contributed by atoms with van der Waals surface area (Å²) in [5.41, 5.74) is 2.76. The largest absolute Gasteiger partial charge is 0.480 e. The van der Waals surface area contributed by atoms with Crippen molar-refractivity contribution in [3.8, 4) is 5.75 Å². The number of aliphatic hydroxyl groups excluding tert-OH is 1. The predicted octanol–water partition coefficient (Wildman–Crippen LogP) is 2.60. The maximum Gasteiger partial charge on any atom is 0.264 e. The highest BCUT2D eigenvalue weighted by Gasteiger charge is 2.36. The number of likely N-dealkylation sites (tertiary alicyclic amines) is 1. The number of rotatable bonds is 7. The standard InChI is InChI=1S/C26H31N3O4/c1-28(22(17-5-3-2-4-6-17)16-29-12-11-21(30)15-29)26(32)24-14-19-13-20(9-10-23(19)33-24)27-25(31)18-7-8-18/h2-6,9-10,13,18,21-22,24,30H,7-8,11-12,14-16H2,1H3,(H,27,31)/t21-,22+,24-/m0/s1. The van der Waals surface area contributed by atoms with Crippen molar-refractivity contribution < 1.29 is 19.4 Å². The van der Waals surface area contributed by atoms with Crippen LogP contribution in [0.4, 0.5) is 5.69 Å². The average molecular weight is 450 g/mol. The molecule has 7 heteroatoms. The Balaban J connectivity index is 1.28. The maximum absolute atomic E-state index is 13.5. The van der Waals surface area contributed by atoms with Gasteiger partial charge in [-0.15, -0.1) is 0 Å². The minimum Gasteiger partial charge on any atom is -0.480 e. The minimum atomic E-state index is -0.588. The van der Waals surface area contributed by atoms with Gasteiger partial charge in [0.25, 0.3) is 5.91 Å². The SMILES string of the molecule is CN(C(=O)[C@@H]1Cc2cc(NC(=O)C3CC3)ccc2O1)[C@H](CN1CC[C@H](O)C1)c1ccccc1. The second-order valence-electron chi connectivity index (χ2n) is 9.47. The van der Waals surface area contributed by atoms with Gasteiger partial charge in [-0.3, -0.25) is 14.5 Å². The lowest BCUT2D eigenvalue weighted by molar-refractivity contribution is -0.139. The Bertz CT molecular complexity index is 1020. The van der Waals surface area contributed by atoms with Gasteiger partial charge in [0, 0.05) is 50.3 Å². The summed E-state index contributed by atoms with van der Waals surface area (Å²) >= 11 is 0. The lowest BCUT2D eigenvalue weighted by Crippen LogP contribution is -2.44. The number of nitrogens with zero attached hydrogens (tertiary/aromatic N) is 2. The normalized spacial score (nSPS) is 23.0. The van der Waals surface area contributed by atoms with Crippen LogP contribution in [0, 0.1) is 5.92 Å². The second-order valence-corrected chi connectivity index (χ2v) is 9.47. The number of anilines is 1. The summed E-state index contributed by atoms with van der Waals surface area (Å²) in [4.78, 5) is 29.6. The fourth-order valence-electron chi connectivity index (χ4n) is 4.78. The molecule has 1 saturated heterocycles. The lowest BCUT2D eigenvalue weighted by Gasteiger charge is -2.33. The molecule has 0 unspecified atom stereocenters. The van der Waals surface area contributed by atoms with E-state index in [1.807, 2.05) is 55.6 Å². The predicted molar refractivity (Wildman–Crippen MR) is 125 cm³/mol. The van der Waals surface area contributed by atoms with Crippen molar-refractivity contribution in [3.63, 3.8) is 0 Å². The van der Waals surface area contributed by atoms with E-state index in [0.29, 0.717) is 25.3 Å². The molecule has 2 aromatic carbocycles. The highest BCUT2D eigenvalue weighted by Crippen LogP contribution is 2.35. The van der Waals surface area contributed by atoms with E-state index in [1.165, 1.54) is 0 Å². The molecule has 0 aromatic heterocycles. The summed E-state index contributed by atoms with van der Waals surface area (Å²) in [6.07, 6.45) is 2.28. The van der Waals surface area contributed by atoms with Gasteiger partial charge >= 0.3 is 0 Å². The zero-order valence-electron chi connectivity index (χ0n) is 18.9. The van der Waals surface area contributed by atoms with Crippen LogP contribution in [-0.4, -0.2) is 65.6 Å². The van der Waals surface area contributed by atoms with Crippen LogP contribution in [-0.2, 0) is 16.0 Å². The van der Waals surface area contributed by atoms with Crippen molar-refractivity contribution in [2.24, 2.45) is 5.92 Å². The van der Waals surface area contributed by atoms with Gasteiger partial charge in [0.15, 0.2) is 6.10 Å². The first kappa shape index (κ1) is 21.9. The van der Waals surface area contributed by atoms with Crippen LogP contribution >= 0.6 is 0 Å². The molecule has 7 nitrogen and oxygen atoms in total. The summed E-state index contributed by atoms with van der Waals surface area (Å²) < 4.78 is 6.03. The second kappa shape index (κ2) is 9.15. The number of β-amino-alcohol motifs (C(OH)–C–C–N with tert-alkyl or cyclic N) is 1. The number of fused-ring (bicyclic) bond motifs is 1. The first-order chi connectivity index (χ1) is 16.0. The number of amides is 2. The summed E-state index contributed by atoms with van der Waals surface area (Å²) in [6, 6.07) is 15.5. The first-order valence-electron chi connectivity index (χ1n) is 11.8. The van der Waals surface area contributed by atoms with Crippen molar-refractivity contribution in [1.82, 2.24) is 9.80 Å². The van der Waals surface area contributed by atoms with Crippen LogP contribution in [0.25, 0.3) is 0 Å². The van der Waals surface area contributed by atoms with E-state index >= 15 is 0 Å². The number of hydrogen-bond donors (Lipinski definition) is 2. The molecule has 3 atom stereocenters. The van der Waals surface area contributed by atoms with Gasteiger partial charge < -0.3 is 20.1 Å². The van der Waals surface area contributed by atoms with Crippen molar-refractivity contribution in [2.45, 2.75) is 43.9 Å². The lowest BCUT2D eigenvalue weighted by atomic mass is 10.0.